The number of pyridine rings is 1. The van der Waals surface area contributed by atoms with Gasteiger partial charge in [0, 0.05) is 29.9 Å². The third kappa shape index (κ3) is 4.82. The molecule has 0 fully saturated rings. The summed E-state index contributed by atoms with van der Waals surface area (Å²) in [6, 6.07) is 20.3. The van der Waals surface area contributed by atoms with Crippen molar-refractivity contribution in [1.82, 2.24) is 25.1 Å². The fourth-order valence-electron chi connectivity index (χ4n) is 3.78. The van der Waals surface area contributed by atoms with Crippen molar-refractivity contribution in [3.8, 4) is 16.9 Å². The Bertz CT molecular complexity index is 1410. The molecule has 34 heavy (non-hydrogen) atoms. The monoisotopic (exact) mass is 452 g/mol. The highest BCUT2D eigenvalue weighted by Crippen LogP contribution is 2.28. The summed E-state index contributed by atoms with van der Waals surface area (Å²) >= 11 is 0. The quantitative estimate of drug-likeness (QED) is 0.329. The first-order valence-corrected chi connectivity index (χ1v) is 10.9. The second-order valence-corrected chi connectivity index (χ2v) is 7.92. The first-order chi connectivity index (χ1) is 16.7. The number of amides is 1. The highest BCUT2D eigenvalue weighted by atomic mass is 16.6. The summed E-state index contributed by atoms with van der Waals surface area (Å²) in [6.07, 6.45) is 6.14. The molecule has 5 rings (SSSR count). The third-order valence-corrected chi connectivity index (χ3v) is 5.44. The van der Waals surface area contributed by atoms with Crippen LogP contribution in [0.5, 0.6) is 5.75 Å². The van der Waals surface area contributed by atoms with Crippen LogP contribution in [0, 0.1) is 0 Å². The molecule has 8 nitrogen and oxygen atoms in total. The zero-order valence-electron chi connectivity index (χ0n) is 18.7. The van der Waals surface area contributed by atoms with Crippen LogP contribution in [-0.4, -0.2) is 32.9 Å². The van der Waals surface area contributed by atoms with Gasteiger partial charge in [-0.25, -0.2) is 9.78 Å². The number of carbonyl (C=O) groups is 1. The molecule has 0 saturated heterocycles. The lowest BCUT2D eigenvalue weighted by atomic mass is 10.0. The van der Waals surface area contributed by atoms with E-state index >= 15 is 0 Å². The number of ether oxygens (including phenoxy) is 1. The van der Waals surface area contributed by atoms with Crippen molar-refractivity contribution >= 4 is 22.8 Å². The predicted molar refractivity (Wildman–Crippen MR) is 132 cm³/mol. The van der Waals surface area contributed by atoms with E-state index in [-0.39, 0.29) is 0 Å². The van der Waals surface area contributed by atoms with Gasteiger partial charge in [0.05, 0.1) is 24.6 Å². The summed E-state index contributed by atoms with van der Waals surface area (Å²) in [5.41, 5.74) is 5.61. The Morgan fingerprint density at radius 2 is 1.85 bits per heavy atom. The third-order valence-electron chi connectivity index (χ3n) is 5.44. The Morgan fingerprint density at radius 3 is 2.65 bits per heavy atom. The van der Waals surface area contributed by atoms with Gasteiger partial charge in [0.25, 0.3) is 0 Å². The van der Waals surface area contributed by atoms with E-state index in [2.05, 4.69) is 50.0 Å². The van der Waals surface area contributed by atoms with E-state index in [0.717, 1.165) is 28.6 Å². The van der Waals surface area contributed by atoms with Crippen LogP contribution in [0.15, 0.2) is 85.5 Å². The second-order valence-electron chi connectivity index (χ2n) is 7.92. The number of anilines is 1. The maximum absolute atomic E-state index is 12.5. The molecule has 3 heterocycles. The summed E-state index contributed by atoms with van der Waals surface area (Å²) in [5.74, 6) is 0.369. The van der Waals surface area contributed by atoms with Crippen molar-refractivity contribution < 1.29 is 9.53 Å². The summed E-state index contributed by atoms with van der Waals surface area (Å²) < 4.78 is 7.16. The number of nitrogens with zero attached hydrogens (tertiary/aromatic N) is 3. The molecular formula is C26H24N6O2. The molecule has 3 aromatic heterocycles. The van der Waals surface area contributed by atoms with E-state index in [9.17, 15) is 4.79 Å². The number of rotatable bonds is 7. The van der Waals surface area contributed by atoms with Gasteiger partial charge in [0.15, 0.2) is 5.75 Å². The van der Waals surface area contributed by atoms with Gasteiger partial charge < -0.3 is 15.0 Å². The summed E-state index contributed by atoms with van der Waals surface area (Å²) in [6.45, 7) is 1.41. The Balaban J connectivity index is 1.28. The molecule has 0 aliphatic carbocycles. The maximum Gasteiger partial charge on any atom is 0.417 e. The first-order valence-electron chi connectivity index (χ1n) is 10.9. The zero-order chi connectivity index (χ0) is 23.3. The van der Waals surface area contributed by atoms with Crippen LogP contribution < -0.4 is 15.4 Å². The molecule has 8 heteroatoms. The summed E-state index contributed by atoms with van der Waals surface area (Å²) in [7, 11) is 1.92. The van der Waals surface area contributed by atoms with Gasteiger partial charge in [-0.05, 0) is 29.8 Å². The fraction of sp³-hybridized carbons (Fsp3) is 0.115. The molecule has 0 radical (unpaired) electrons. The van der Waals surface area contributed by atoms with Crippen molar-refractivity contribution in [3.05, 3.63) is 96.6 Å². The highest BCUT2D eigenvalue weighted by Gasteiger charge is 2.13. The van der Waals surface area contributed by atoms with Crippen LogP contribution in [0.1, 0.15) is 11.1 Å². The van der Waals surface area contributed by atoms with Crippen molar-refractivity contribution in [3.63, 3.8) is 0 Å². The number of hydrogen-bond acceptors (Lipinski definition) is 5. The van der Waals surface area contributed by atoms with E-state index < -0.39 is 6.09 Å². The van der Waals surface area contributed by atoms with Gasteiger partial charge in [-0.1, -0.05) is 54.6 Å². The van der Waals surface area contributed by atoms with E-state index in [1.165, 1.54) is 11.8 Å². The van der Waals surface area contributed by atoms with Gasteiger partial charge >= 0.3 is 6.09 Å². The molecule has 3 N–H and O–H groups in total. The maximum atomic E-state index is 12.5. The van der Waals surface area contributed by atoms with Crippen molar-refractivity contribution in [1.29, 1.82) is 0 Å². The van der Waals surface area contributed by atoms with Gasteiger partial charge in [-0.2, -0.15) is 5.10 Å². The molecule has 0 aliphatic rings. The number of aromatic nitrogens is 4. The normalized spacial score (nSPS) is 11.0. The Hall–Kier alpha value is -4.43. The molecule has 0 atom stereocenters. The van der Waals surface area contributed by atoms with E-state index in [4.69, 9.17) is 4.74 Å². The van der Waals surface area contributed by atoms with Crippen molar-refractivity contribution in [2.24, 2.45) is 0 Å². The van der Waals surface area contributed by atoms with Crippen LogP contribution in [0.25, 0.3) is 22.2 Å². The number of hydrogen-bond donors (Lipinski definition) is 3. The molecule has 0 spiro atoms. The van der Waals surface area contributed by atoms with Crippen LogP contribution in [0.4, 0.5) is 10.5 Å². The lowest BCUT2D eigenvalue weighted by Gasteiger charge is -2.06. The highest BCUT2D eigenvalue weighted by molar-refractivity contribution is 6.00. The molecule has 170 valence electrons. The second kappa shape index (κ2) is 9.60. The average Bonchev–Trinajstić information content (AvgIpc) is 3.46. The lowest BCUT2D eigenvalue weighted by molar-refractivity contribution is 0.215. The first kappa shape index (κ1) is 21.4. The smallest absolute Gasteiger partial charge is 0.407 e. The molecule has 0 aliphatic heterocycles. The van der Waals surface area contributed by atoms with Crippen LogP contribution in [0.2, 0.25) is 0 Å². The Labute approximate surface area is 196 Å². The fourth-order valence-corrected chi connectivity index (χ4v) is 3.78. The number of carbonyl (C=O) groups excluding carboxylic acids is 1. The number of H-pyrrole nitrogens is 1. The number of nitrogens with one attached hydrogen (secondary N) is 3. The standard InChI is InChI=1S/C26H24N6O2/c1-27-12-18-7-9-20(10-8-18)21-11-23-24(15-29-25(23)28-13-21)31-26(33)34-22-14-30-32(17-22)16-19-5-3-2-4-6-19/h2-11,13-15,17,27H,12,16H2,1H3,(H,28,29)(H,31,33). The van der Waals surface area contributed by atoms with Crippen molar-refractivity contribution in [2.75, 3.05) is 12.4 Å². The van der Waals surface area contributed by atoms with Crippen LogP contribution in [0.3, 0.4) is 0 Å². The van der Waals surface area contributed by atoms with E-state index in [1.807, 2.05) is 49.6 Å². The minimum absolute atomic E-state index is 0.369. The van der Waals surface area contributed by atoms with E-state index in [0.29, 0.717) is 23.6 Å². The SMILES string of the molecule is CNCc1ccc(-c2cnc3[nH]cc(NC(=O)Oc4cnn(Cc5ccccc5)c4)c3c2)cc1. The number of aromatic amines is 1. The van der Waals surface area contributed by atoms with Gasteiger partial charge in [0.1, 0.15) is 5.65 Å². The topological polar surface area (TPSA) is 96.9 Å². The molecular weight excluding hydrogens is 428 g/mol. The van der Waals surface area contributed by atoms with Crippen LogP contribution >= 0.6 is 0 Å². The molecule has 2 aromatic carbocycles. The number of fused-ring (bicyclic) bond motifs is 1. The molecule has 0 bridgehead atoms. The minimum Gasteiger partial charge on any atom is -0.407 e. The number of benzene rings is 2. The van der Waals surface area contributed by atoms with Gasteiger partial charge in [-0.3, -0.25) is 10.00 Å². The Kier molecular flexibility index (Phi) is 6.05. The summed E-state index contributed by atoms with van der Waals surface area (Å²) in [4.78, 5) is 20.1. The summed E-state index contributed by atoms with van der Waals surface area (Å²) in [5, 5.41) is 11.0. The Morgan fingerprint density at radius 1 is 1.03 bits per heavy atom. The molecule has 5 aromatic rings. The average molecular weight is 453 g/mol. The molecule has 0 saturated carbocycles. The van der Waals surface area contributed by atoms with E-state index in [1.54, 1.807) is 17.1 Å². The zero-order valence-corrected chi connectivity index (χ0v) is 18.7. The molecule has 1 amide bonds. The molecule has 0 unspecified atom stereocenters. The lowest BCUT2D eigenvalue weighted by Crippen LogP contribution is -2.16. The van der Waals surface area contributed by atoms with Crippen LogP contribution in [-0.2, 0) is 13.1 Å². The minimum atomic E-state index is -0.595. The van der Waals surface area contributed by atoms with Gasteiger partial charge in [0.2, 0.25) is 0 Å². The predicted octanol–water partition coefficient (Wildman–Crippen LogP) is 4.81. The largest absolute Gasteiger partial charge is 0.417 e. The van der Waals surface area contributed by atoms with Gasteiger partial charge in [-0.15, -0.1) is 0 Å². The van der Waals surface area contributed by atoms with Crippen molar-refractivity contribution in [2.45, 2.75) is 13.1 Å².